The van der Waals surface area contributed by atoms with Crippen LogP contribution in [-0.2, 0) is 4.79 Å². The molecule has 18 heavy (non-hydrogen) atoms. The van der Waals surface area contributed by atoms with Crippen molar-refractivity contribution < 1.29 is 4.79 Å². The van der Waals surface area contributed by atoms with Gasteiger partial charge in [0.25, 0.3) is 0 Å². The normalized spacial score (nSPS) is 13.8. The molecule has 1 heterocycles. The SMILES string of the molecule is CCC(C)[C@H](N)C(=O)Nc1cnccc1N(C)C. The summed E-state index contributed by atoms with van der Waals surface area (Å²) in [6.07, 6.45) is 4.21. The van der Waals surface area contributed by atoms with Crippen LogP contribution < -0.4 is 16.0 Å². The van der Waals surface area contributed by atoms with Crippen molar-refractivity contribution in [3.05, 3.63) is 18.5 Å². The number of anilines is 2. The van der Waals surface area contributed by atoms with E-state index in [0.717, 1.165) is 12.1 Å². The molecule has 3 N–H and O–H groups in total. The Morgan fingerprint density at radius 1 is 1.56 bits per heavy atom. The molecule has 5 heteroatoms. The van der Waals surface area contributed by atoms with Gasteiger partial charge in [0, 0.05) is 20.3 Å². The molecule has 1 rings (SSSR count). The van der Waals surface area contributed by atoms with Crippen LogP contribution in [0.1, 0.15) is 20.3 Å². The summed E-state index contributed by atoms with van der Waals surface area (Å²) in [5, 5.41) is 2.84. The Morgan fingerprint density at radius 2 is 2.22 bits per heavy atom. The minimum absolute atomic E-state index is 0.157. The van der Waals surface area contributed by atoms with Crippen molar-refractivity contribution in [1.82, 2.24) is 4.98 Å². The fourth-order valence-electron chi connectivity index (χ4n) is 1.60. The van der Waals surface area contributed by atoms with Crippen LogP contribution in [0.3, 0.4) is 0 Å². The molecule has 0 bridgehead atoms. The van der Waals surface area contributed by atoms with Gasteiger partial charge in [0.1, 0.15) is 0 Å². The summed E-state index contributed by atoms with van der Waals surface area (Å²) in [5.74, 6) is -0.00933. The lowest BCUT2D eigenvalue weighted by Crippen LogP contribution is -2.40. The molecule has 0 fully saturated rings. The smallest absolute Gasteiger partial charge is 0.241 e. The highest BCUT2D eigenvalue weighted by molar-refractivity contribution is 5.97. The van der Waals surface area contributed by atoms with E-state index in [1.165, 1.54) is 0 Å². The standard InChI is InChI=1S/C13H22N4O/c1-5-9(2)12(14)13(18)16-10-8-15-7-6-11(10)17(3)4/h6-9,12H,5,14H2,1-4H3,(H,16,18)/t9?,12-/m0/s1. The van der Waals surface area contributed by atoms with E-state index < -0.39 is 6.04 Å². The van der Waals surface area contributed by atoms with E-state index in [9.17, 15) is 4.79 Å². The first-order valence-electron chi connectivity index (χ1n) is 6.15. The van der Waals surface area contributed by atoms with Crippen molar-refractivity contribution in [3.63, 3.8) is 0 Å². The van der Waals surface area contributed by atoms with Gasteiger partial charge in [0.05, 0.1) is 23.6 Å². The van der Waals surface area contributed by atoms with Crippen LogP contribution in [0.4, 0.5) is 11.4 Å². The molecule has 1 aromatic rings. The molecule has 1 amide bonds. The highest BCUT2D eigenvalue weighted by Crippen LogP contribution is 2.22. The first-order valence-corrected chi connectivity index (χ1v) is 6.15. The molecule has 0 aliphatic heterocycles. The molecule has 0 aliphatic carbocycles. The second-order valence-electron chi connectivity index (χ2n) is 4.69. The summed E-state index contributed by atoms with van der Waals surface area (Å²) >= 11 is 0. The molecule has 0 saturated carbocycles. The zero-order chi connectivity index (χ0) is 13.7. The zero-order valence-electron chi connectivity index (χ0n) is 11.5. The summed E-state index contributed by atoms with van der Waals surface area (Å²) in [6, 6.07) is 1.36. The van der Waals surface area contributed by atoms with Gasteiger partial charge in [-0.3, -0.25) is 9.78 Å². The maximum Gasteiger partial charge on any atom is 0.241 e. The summed E-state index contributed by atoms with van der Waals surface area (Å²) in [5.41, 5.74) is 7.50. The van der Waals surface area contributed by atoms with Gasteiger partial charge in [-0.2, -0.15) is 0 Å². The molecular weight excluding hydrogens is 228 g/mol. The summed E-state index contributed by atoms with van der Waals surface area (Å²) in [7, 11) is 3.83. The summed E-state index contributed by atoms with van der Waals surface area (Å²) < 4.78 is 0. The predicted octanol–water partition coefficient (Wildman–Crippen LogP) is 1.46. The largest absolute Gasteiger partial charge is 0.376 e. The molecular formula is C13H22N4O. The Labute approximate surface area is 108 Å². The van der Waals surface area contributed by atoms with Crippen LogP contribution in [0.25, 0.3) is 0 Å². The van der Waals surface area contributed by atoms with Gasteiger partial charge in [-0.05, 0) is 12.0 Å². The van der Waals surface area contributed by atoms with Crippen molar-refractivity contribution in [2.45, 2.75) is 26.3 Å². The first-order chi connectivity index (χ1) is 8.47. The fourth-order valence-corrected chi connectivity index (χ4v) is 1.60. The average molecular weight is 250 g/mol. The zero-order valence-corrected chi connectivity index (χ0v) is 11.5. The van der Waals surface area contributed by atoms with E-state index in [4.69, 9.17) is 5.73 Å². The number of carbonyl (C=O) groups is 1. The lowest BCUT2D eigenvalue weighted by Gasteiger charge is -2.21. The van der Waals surface area contributed by atoms with Crippen molar-refractivity contribution in [2.24, 2.45) is 11.7 Å². The highest BCUT2D eigenvalue weighted by Gasteiger charge is 2.20. The van der Waals surface area contributed by atoms with Crippen molar-refractivity contribution >= 4 is 17.3 Å². The molecule has 0 aliphatic rings. The van der Waals surface area contributed by atoms with Gasteiger partial charge in [-0.15, -0.1) is 0 Å². The van der Waals surface area contributed by atoms with Crippen LogP contribution in [0.2, 0.25) is 0 Å². The maximum atomic E-state index is 12.0. The summed E-state index contributed by atoms with van der Waals surface area (Å²) in [4.78, 5) is 18.0. The third-order valence-corrected chi connectivity index (χ3v) is 3.10. The Balaban J connectivity index is 2.82. The Bertz CT molecular complexity index is 406. The Kier molecular flexibility index (Phi) is 5.09. The number of aromatic nitrogens is 1. The van der Waals surface area contributed by atoms with Crippen molar-refractivity contribution in [1.29, 1.82) is 0 Å². The van der Waals surface area contributed by atoms with Gasteiger partial charge in [0.15, 0.2) is 0 Å². The lowest BCUT2D eigenvalue weighted by molar-refractivity contribution is -0.118. The van der Waals surface area contributed by atoms with E-state index in [-0.39, 0.29) is 11.8 Å². The van der Waals surface area contributed by atoms with Crippen LogP contribution in [0.15, 0.2) is 18.5 Å². The average Bonchev–Trinajstić information content (AvgIpc) is 2.37. The molecule has 0 aromatic carbocycles. The number of nitrogens with zero attached hydrogens (tertiary/aromatic N) is 2. The van der Waals surface area contributed by atoms with Crippen molar-refractivity contribution in [2.75, 3.05) is 24.3 Å². The van der Waals surface area contributed by atoms with Crippen molar-refractivity contribution in [3.8, 4) is 0 Å². The molecule has 1 unspecified atom stereocenters. The van der Waals surface area contributed by atoms with Crippen LogP contribution in [0, 0.1) is 5.92 Å². The van der Waals surface area contributed by atoms with Gasteiger partial charge in [-0.1, -0.05) is 20.3 Å². The van der Waals surface area contributed by atoms with Gasteiger partial charge in [0.2, 0.25) is 5.91 Å². The van der Waals surface area contributed by atoms with E-state index in [0.29, 0.717) is 5.69 Å². The van der Waals surface area contributed by atoms with E-state index in [2.05, 4.69) is 10.3 Å². The van der Waals surface area contributed by atoms with E-state index in [1.54, 1.807) is 12.4 Å². The maximum absolute atomic E-state index is 12.0. The molecule has 0 spiro atoms. The monoisotopic (exact) mass is 250 g/mol. The molecule has 1 aromatic heterocycles. The molecule has 100 valence electrons. The third-order valence-electron chi connectivity index (χ3n) is 3.10. The number of amides is 1. The molecule has 5 nitrogen and oxygen atoms in total. The van der Waals surface area contributed by atoms with Crippen LogP contribution >= 0.6 is 0 Å². The van der Waals surface area contributed by atoms with Gasteiger partial charge in [-0.25, -0.2) is 0 Å². The van der Waals surface area contributed by atoms with Crippen LogP contribution in [-0.4, -0.2) is 31.0 Å². The Hall–Kier alpha value is -1.62. The highest BCUT2D eigenvalue weighted by atomic mass is 16.2. The quantitative estimate of drug-likeness (QED) is 0.830. The minimum Gasteiger partial charge on any atom is -0.376 e. The number of pyridine rings is 1. The Morgan fingerprint density at radius 3 is 2.78 bits per heavy atom. The van der Waals surface area contributed by atoms with E-state index >= 15 is 0 Å². The molecule has 0 radical (unpaired) electrons. The predicted molar refractivity (Wildman–Crippen MR) is 74.6 cm³/mol. The summed E-state index contributed by atoms with van der Waals surface area (Å²) in [6.45, 7) is 3.99. The number of nitrogens with one attached hydrogen (secondary N) is 1. The van der Waals surface area contributed by atoms with Gasteiger partial charge >= 0.3 is 0 Å². The fraction of sp³-hybridized carbons (Fsp3) is 0.538. The van der Waals surface area contributed by atoms with Crippen LogP contribution in [0.5, 0.6) is 0 Å². The number of hydrogen-bond acceptors (Lipinski definition) is 4. The number of nitrogens with two attached hydrogens (primary N) is 1. The first kappa shape index (κ1) is 14.4. The van der Waals surface area contributed by atoms with E-state index in [1.807, 2.05) is 38.9 Å². The third kappa shape index (κ3) is 3.43. The number of hydrogen-bond donors (Lipinski definition) is 2. The topological polar surface area (TPSA) is 71.2 Å². The molecule has 0 saturated heterocycles. The lowest BCUT2D eigenvalue weighted by atomic mass is 9.99. The minimum atomic E-state index is -0.495. The molecule has 2 atom stereocenters. The second-order valence-corrected chi connectivity index (χ2v) is 4.69. The number of rotatable bonds is 5. The second kappa shape index (κ2) is 6.35. The van der Waals surface area contributed by atoms with Gasteiger partial charge < -0.3 is 16.0 Å². The number of carbonyl (C=O) groups excluding carboxylic acids is 1.